The average Bonchev–Trinajstić information content (AvgIpc) is 3.14. The van der Waals surface area contributed by atoms with Crippen molar-refractivity contribution >= 4 is 41.1 Å². The lowest BCUT2D eigenvalue weighted by atomic mass is 9.83. The lowest BCUT2D eigenvalue weighted by Gasteiger charge is -2.22. The lowest BCUT2D eigenvalue weighted by molar-refractivity contribution is -0.115. The van der Waals surface area contributed by atoms with Crippen LogP contribution in [0.15, 0.2) is 53.9 Å². The Morgan fingerprint density at radius 2 is 1.97 bits per heavy atom. The van der Waals surface area contributed by atoms with E-state index in [1.807, 2.05) is 36.4 Å². The first-order valence-electron chi connectivity index (χ1n) is 9.93. The number of rotatable bonds is 7. The molecule has 1 aliphatic rings. The number of carboxylic acids is 1. The maximum atomic E-state index is 12.4. The van der Waals surface area contributed by atoms with Crippen molar-refractivity contribution in [2.45, 2.75) is 31.6 Å². The first kappa shape index (κ1) is 20.0. The summed E-state index contributed by atoms with van der Waals surface area (Å²) < 4.78 is 0. The van der Waals surface area contributed by atoms with Crippen molar-refractivity contribution in [1.29, 1.82) is 0 Å². The van der Waals surface area contributed by atoms with Crippen LogP contribution in [0.4, 0.5) is 5.69 Å². The van der Waals surface area contributed by atoms with Gasteiger partial charge in [0.25, 0.3) is 0 Å². The highest BCUT2D eigenvalue weighted by Crippen LogP contribution is 2.36. The summed E-state index contributed by atoms with van der Waals surface area (Å²) in [6.07, 6.45) is 7.77. The predicted molar refractivity (Wildman–Crippen MR) is 120 cm³/mol. The summed E-state index contributed by atoms with van der Waals surface area (Å²) in [6.45, 7) is 0. The molecule has 2 N–H and O–H groups in total. The predicted octanol–water partition coefficient (Wildman–Crippen LogP) is 5.46. The summed E-state index contributed by atoms with van der Waals surface area (Å²) in [5.41, 5.74) is 3.47. The average molecular weight is 419 g/mol. The fourth-order valence-corrected chi connectivity index (χ4v) is 4.21. The van der Waals surface area contributed by atoms with Gasteiger partial charge in [-0.15, -0.1) is 11.3 Å². The minimum atomic E-state index is -1.03. The van der Waals surface area contributed by atoms with Crippen molar-refractivity contribution in [3.05, 3.63) is 81.3 Å². The van der Waals surface area contributed by atoms with Crippen LogP contribution in [0.5, 0.6) is 0 Å². The molecule has 30 heavy (non-hydrogen) atoms. The zero-order valence-corrected chi connectivity index (χ0v) is 17.2. The number of hydrogen-bond donors (Lipinski definition) is 2. The molecule has 0 atom stereocenters. The molecule has 0 unspecified atom stereocenters. The van der Waals surface area contributed by atoms with Gasteiger partial charge in [0.05, 0.1) is 17.7 Å². The van der Waals surface area contributed by atoms with E-state index in [1.54, 1.807) is 29.5 Å². The number of carbonyl (C=O) groups excluding carboxylic acids is 1. The van der Waals surface area contributed by atoms with Gasteiger partial charge in [-0.1, -0.05) is 42.8 Å². The highest BCUT2D eigenvalue weighted by atomic mass is 32.1. The maximum Gasteiger partial charge on any atom is 0.335 e. The van der Waals surface area contributed by atoms with E-state index in [-0.39, 0.29) is 17.9 Å². The lowest BCUT2D eigenvalue weighted by Crippen LogP contribution is -2.16. The van der Waals surface area contributed by atoms with Crippen LogP contribution in [0.25, 0.3) is 12.2 Å². The molecule has 0 bridgehead atoms. The first-order chi connectivity index (χ1) is 14.6. The van der Waals surface area contributed by atoms with Crippen molar-refractivity contribution in [2.24, 2.45) is 0 Å². The third-order valence-corrected chi connectivity index (χ3v) is 6.08. The topological polar surface area (TPSA) is 79.3 Å². The molecule has 152 valence electrons. The Morgan fingerprint density at radius 3 is 2.73 bits per heavy atom. The molecule has 5 nitrogen and oxygen atoms in total. The van der Waals surface area contributed by atoms with Gasteiger partial charge in [0.1, 0.15) is 5.01 Å². The van der Waals surface area contributed by atoms with E-state index in [1.165, 1.54) is 31.0 Å². The molecule has 1 fully saturated rings. The molecule has 1 heterocycles. The van der Waals surface area contributed by atoms with Crippen LogP contribution in [-0.4, -0.2) is 22.0 Å². The van der Waals surface area contributed by atoms with Gasteiger partial charge < -0.3 is 10.4 Å². The number of carbonyl (C=O) groups is 2. The number of nitrogens with one attached hydrogen (secondary N) is 1. The molecule has 1 aromatic heterocycles. The molecule has 1 aliphatic carbocycles. The van der Waals surface area contributed by atoms with Crippen molar-refractivity contribution in [3.8, 4) is 0 Å². The normalized spacial score (nSPS) is 13.9. The van der Waals surface area contributed by atoms with Crippen LogP contribution >= 0.6 is 11.3 Å². The van der Waals surface area contributed by atoms with Crippen molar-refractivity contribution < 1.29 is 14.7 Å². The van der Waals surface area contributed by atoms with Gasteiger partial charge >= 0.3 is 5.97 Å². The van der Waals surface area contributed by atoms with Crippen LogP contribution in [0.2, 0.25) is 0 Å². The number of benzene rings is 2. The summed E-state index contributed by atoms with van der Waals surface area (Å²) in [5, 5.41) is 15.2. The molecule has 0 aliphatic heterocycles. The van der Waals surface area contributed by atoms with Gasteiger partial charge in [0.15, 0.2) is 0 Å². The Kier molecular flexibility index (Phi) is 6.05. The smallest absolute Gasteiger partial charge is 0.335 e. The van der Waals surface area contributed by atoms with Crippen molar-refractivity contribution in [2.75, 3.05) is 5.32 Å². The Labute approximate surface area is 179 Å². The minimum Gasteiger partial charge on any atom is -0.478 e. The largest absolute Gasteiger partial charge is 0.478 e. The Hall–Kier alpha value is -3.25. The van der Waals surface area contributed by atoms with Crippen LogP contribution < -0.4 is 5.32 Å². The maximum absolute atomic E-state index is 12.4. The van der Waals surface area contributed by atoms with E-state index in [2.05, 4.69) is 10.7 Å². The minimum absolute atomic E-state index is 0.00555. The fraction of sp³-hybridized carbons (Fsp3) is 0.208. The second-order valence-corrected chi connectivity index (χ2v) is 8.27. The van der Waals surface area contributed by atoms with Crippen molar-refractivity contribution in [1.82, 2.24) is 4.98 Å². The van der Waals surface area contributed by atoms with Gasteiger partial charge in [-0.2, -0.15) is 0 Å². The van der Waals surface area contributed by atoms with Gasteiger partial charge in [0, 0.05) is 17.0 Å². The van der Waals surface area contributed by atoms with Crippen LogP contribution in [-0.2, 0) is 11.2 Å². The third kappa shape index (κ3) is 4.83. The zero-order valence-electron chi connectivity index (χ0n) is 16.4. The van der Waals surface area contributed by atoms with E-state index in [9.17, 15) is 14.7 Å². The monoisotopic (exact) mass is 418 g/mol. The molecular formula is C24H22N2O3S. The molecule has 4 rings (SSSR count). The van der Waals surface area contributed by atoms with E-state index < -0.39 is 5.97 Å². The second kappa shape index (κ2) is 9.05. The Bertz CT molecular complexity index is 1100. The summed E-state index contributed by atoms with van der Waals surface area (Å²) in [7, 11) is 0. The molecule has 0 saturated heterocycles. The van der Waals surface area contributed by atoms with E-state index in [4.69, 9.17) is 4.98 Å². The second-order valence-electron chi connectivity index (χ2n) is 7.38. The highest BCUT2D eigenvalue weighted by Gasteiger charge is 2.21. The first-order valence-corrected chi connectivity index (χ1v) is 10.8. The summed E-state index contributed by atoms with van der Waals surface area (Å²) in [4.78, 5) is 28.4. The standard InChI is InChI=1S/C24H22N2O3S/c27-22(14-18-6-1-2-10-20(18)24(28)29)25-19-9-3-5-16(13-19)11-12-23-26-21(15-30-23)17-7-4-8-17/h1-3,5-6,9-13,15,17H,4,7-8,14H2,(H,25,27)(H,28,29). The Balaban J connectivity index is 1.40. The summed E-state index contributed by atoms with van der Waals surface area (Å²) in [5.74, 6) is -0.656. The van der Waals surface area contributed by atoms with Gasteiger partial charge in [-0.05, 0) is 48.2 Å². The molecule has 6 heteroatoms. The Morgan fingerprint density at radius 1 is 1.13 bits per heavy atom. The highest BCUT2D eigenvalue weighted by molar-refractivity contribution is 7.10. The fourth-order valence-electron chi connectivity index (χ4n) is 3.42. The number of aromatic carboxylic acids is 1. The number of amides is 1. The van der Waals surface area contributed by atoms with Crippen molar-refractivity contribution in [3.63, 3.8) is 0 Å². The number of carboxylic acid groups (broad SMARTS) is 1. The number of aromatic nitrogens is 1. The number of hydrogen-bond acceptors (Lipinski definition) is 4. The molecule has 3 aromatic rings. The SMILES string of the molecule is O=C(Cc1ccccc1C(=O)O)Nc1cccc(C=Cc2nc(C3CCC3)cs2)c1. The third-order valence-electron chi connectivity index (χ3n) is 5.25. The van der Waals surface area contributed by atoms with Gasteiger partial charge in [-0.3, -0.25) is 4.79 Å². The molecule has 0 radical (unpaired) electrons. The molecule has 1 saturated carbocycles. The number of anilines is 1. The van der Waals surface area contributed by atoms with Gasteiger partial charge in [-0.25, -0.2) is 9.78 Å². The van der Waals surface area contributed by atoms with Crippen LogP contribution in [0.1, 0.15) is 57.4 Å². The van der Waals surface area contributed by atoms with E-state index in [0.717, 1.165) is 10.6 Å². The van der Waals surface area contributed by atoms with E-state index >= 15 is 0 Å². The van der Waals surface area contributed by atoms with Gasteiger partial charge in [0.2, 0.25) is 5.91 Å². The molecule has 1 amide bonds. The quantitative estimate of drug-likeness (QED) is 0.534. The zero-order chi connectivity index (χ0) is 20.9. The summed E-state index contributed by atoms with van der Waals surface area (Å²) >= 11 is 1.65. The number of nitrogens with zero attached hydrogens (tertiary/aromatic N) is 1. The van der Waals surface area contributed by atoms with E-state index in [0.29, 0.717) is 17.2 Å². The van der Waals surface area contributed by atoms with Crippen LogP contribution in [0, 0.1) is 0 Å². The molecule has 2 aromatic carbocycles. The number of thiazole rings is 1. The van der Waals surface area contributed by atoms with Crippen LogP contribution in [0.3, 0.4) is 0 Å². The molecular weight excluding hydrogens is 396 g/mol. The molecule has 0 spiro atoms. The summed E-state index contributed by atoms with van der Waals surface area (Å²) in [6, 6.07) is 14.1.